The molecule has 1 fully saturated rings. The second kappa shape index (κ2) is 4.08. The number of rotatable bonds is 2. The van der Waals surface area contributed by atoms with E-state index < -0.39 is 0 Å². The minimum Gasteiger partial charge on any atom is -0.368 e. The van der Waals surface area contributed by atoms with E-state index in [-0.39, 0.29) is 0 Å². The summed E-state index contributed by atoms with van der Waals surface area (Å²) >= 11 is 0. The van der Waals surface area contributed by atoms with Crippen LogP contribution in [0.1, 0.15) is 39.3 Å². The summed E-state index contributed by atoms with van der Waals surface area (Å²) in [6, 6.07) is 5.04. The van der Waals surface area contributed by atoms with E-state index in [4.69, 9.17) is 0 Å². The molecule has 0 spiro atoms. The second-order valence-corrected chi connectivity index (χ2v) is 6.06. The van der Waals surface area contributed by atoms with E-state index in [1.54, 1.807) is 0 Å². The highest BCUT2D eigenvalue weighted by Crippen LogP contribution is 2.34. The van der Waals surface area contributed by atoms with E-state index >= 15 is 0 Å². The Labute approximate surface area is 98.7 Å². The largest absolute Gasteiger partial charge is 0.368 e. The van der Waals surface area contributed by atoms with Crippen LogP contribution in [0, 0.1) is 12.3 Å². The molecule has 1 unspecified atom stereocenters. The molecule has 1 aliphatic rings. The Morgan fingerprint density at radius 2 is 2.19 bits per heavy atom. The molecule has 1 atom stereocenters. The van der Waals surface area contributed by atoms with Gasteiger partial charge in [-0.25, -0.2) is 0 Å². The maximum atomic E-state index is 4.25. The summed E-state index contributed by atoms with van der Waals surface area (Å²) in [4.78, 5) is 6.77. The lowest BCUT2D eigenvalue weighted by molar-refractivity contribution is 0.285. The molecule has 0 aromatic carbocycles. The average Bonchev–Trinajstić information content (AvgIpc) is 2.11. The lowest BCUT2D eigenvalue weighted by Crippen LogP contribution is -2.49. The summed E-state index contributed by atoms with van der Waals surface area (Å²) in [5.74, 6) is 0. The molecule has 0 amide bonds. The number of hydrogen-bond acceptors (Lipinski definition) is 2. The van der Waals surface area contributed by atoms with E-state index in [1.807, 2.05) is 6.20 Å². The van der Waals surface area contributed by atoms with Gasteiger partial charge in [0, 0.05) is 30.2 Å². The number of aryl methyl sites for hydroxylation is 1. The topological polar surface area (TPSA) is 16.1 Å². The zero-order valence-electron chi connectivity index (χ0n) is 10.8. The zero-order valence-corrected chi connectivity index (χ0v) is 10.8. The fraction of sp³-hybridized carbons (Fsp3) is 0.643. The molecule has 0 saturated carbocycles. The first-order valence-corrected chi connectivity index (χ1v) is 6.15. The Bertz CT molecular complexity index is 365. The van der Waals surface area contributed by atoms with Gasteiger partial charge in [-0.2, -0.15) is 0 Å². The first-order valence-electron chi connectivity index (χ1n) is 6.15. The SMILES string of the molecule is Cc1cc(N2CCC2CC(C)(C)C)ccn1. The smallest absolute Gasteiger partial charge is 0.0402 e. The first kappa shape index (κ1) is 11.4. The molecule has 0 N–H and O–H groups in total. The van der Waals surface area contributed by atoms with Gasteiger partial charge in [-0.3, -0.25) is 4.98 Å². The predicted octanol–water partition coefficient (Wildman–Crippen LogP) is 3.40. The van der Waals surface area contributed by atoms with Crippen LogP contribution >= 0.6 is 0 Å². The van der Waals surface area contributed by atoms with Gasteiger partial charge in [0.15, 0.2) is 0 Å². The fourth-order valence-electron chi connectivity index (χ4n) is 2.41. The molecule has 88 valence electrons. The first-order chi connectivity index (χ1) is 7.46. The van der Waals surface area contributed by atoms with Crippen LogP contribution < -0.4 is 4.90 Å². The van der Waals surface area contributed by atoms with E-state index in [1.165, 1.54) is 25.1 Å². The molecule has 16 heavy (non-hydrogen) atoms. The standard InChI is InChI=1S/C14H22N2/c1-11-9-12(5-7-15-11)16-8-6-13(16)10-14(2,3)4/h5,7,9,13H,6,8,10H2,1-4H3. The summed E-state index contributed by atoms with van der Waals surface area (Å²) in [6.45, 7) is 10.2. The monoisotopic (exact) mass is 218 g/mol. The summed E-state index contributed by atoms with van der Waals surface area (Å²) in [6.07, 6.45) is 4.52. The number of nitrogens with zero attached hydrogens (tertiary/aromatic N) is 2. The lowest BCUT2D eigenvalue weighted by atomic mass is 9.83. The van der Waals surface area contributed by atoms with Gasteiger partial charge in [0.1, 0.15) is 0 Å². The third kappa shape index (κ3) is 2.55. The van der Waals surface area contributed by atoms with E-state index in [2.05, 4.69) is 49.7 Å². The number of anilines is 1. The molecule has 2 heterocycles. The molecule has 2 heteroatoms. The summed E-state index contributed by atoms with van der Waals surface area (Å²) in [5.41, 5.74) is 2.87. The predicted molar refractivity (Wildman–Crippen MR) is 68.8 cm³/mol. The van der Waals surface area contributed by atoms with Crippen molar-refractivity contribution in [3.63, 3.8) is 0 Å². The maximum Gasteiger partial charge on any atom is 0.0402 e. The third-order valence-electron chi connectivity index (χ3n) is 3.20. The molecule has 1 aliphatic heterocycles. The van der Waals surface area contributed by atoms with Crippen molar-refractivity contribution in [1.82, 2.24) is 4.98 Å². The van der Waals surface area contributed by atoms with Gasteiger partial charge < -0.3 is 4.90 Å². The van der Waals surface area contributed by atoms with E-state index in [0.29, 0.717) is 5.41 Å². The van der Waals surface area contributed by atoms with Crippen LogP contribution in [0.3, 0.4) is 0 Å². The summed E-state index contributed by atoms with van der Waals surface area (Å²) < 4.78 is 0. The molecule has 2 nitrogen and oxygen atoms in total. The maximum absolute atomic E-state index is 4.25. The van der Waals surface area contributed by atoms with E-state index in [9.17, 15) is 0 Å². The summed E-state index contributed by atoms with van der Waals surface area (Å²) in [5, 5.41) is 0. The fourth-order valence-corrected chi connectivity index (χ4v) is 2.41. The van der Waals surface area contributed by atoms with Gasteiger partial charge >= 0.3 is 0 Å². The van der Waals surface area contributed by atoms with Gasteiger partial charge in [0.05, 0.1) is 0 Å². The highest BCUT2D eigenvalue weighted by molar-refractivity contribution is 5.49. The molecule has 2 rings (SSSR count). The zero-order chi connectivity index (χ0) is 11.8. The molecule has 0 bridgehead atoms. The molecular weight excluding hydrogens is 196 g/mol. The lowest BCUT2D eigenvalue weighted by Gasteiger charge is -2.45. The number of hydrogen-bond donors (Lipinski definition) is 0. The van der Waals surface area contributed by atoms with Crippen LogP contribution in [-0.2, 0) is 0 Å². The molecule has 1 aromatic heterocycles. The Kier molecular flexibility index (Phi) is 2.92. The Morgan fingerprint density at radius 3 is 2.69 bits per heavy atom. The van der Waals surface area contributed by atoms with Gasteiger partial charge in [-0.15, -0.1) is 0 Å². The van der Waals surface area contributed by atoms with Crippen molar-refractivity contribution in [2.75, 3.05) is 11.4 Å². The van der Waals surface area contributed by atoms with Crippen molar-refractivity contribution in [2.24, 2.45) is 5.41 Å². The highest BCUT2D eigenvalue weighted by Gasteiger charge is 2.31. The number of pyridine rings is 1. The van der Waals surface area contributed by atoms with Crippen molar-refractivity contribution in [3.8, 4) is 0 Å². The molecular formula is C14H22N2. The quantitative estimate of drug-likeness (QED) is 0.756. The van der Waals surface area contributed by atoms with Crippen molar-refractivity contribution >= 4 is 5.69 Å². The van der Waals surface area contributed by atoms with Crippen LogP contribution in [-0.4, -0.2) is 17.6 Å². The van der Waals surface area contributed by atoms with Gasteiger partial charge in [-0.05, 0) is 37.3 Å². The van der Waals surface area contributed by atoms with Gasteiger partial charge in [0.25, 0.3) is 0 Å². The minimum absolute atomic E-state index is 0.422. The van der Waals surface area contributed by atoms with Crippen LogP contribution in [0.2, 0.25) is 0 Å². The molecule has 1 saturated heterocycles. The molecule has 1 aromatic rings. The van der Waals surface area contributed by atoms with Crippen LogP contribution in [0.5, 0.6) is 0 Å². The van der Waals surface area contributed by atoms with Gasteiger partial charge in [-0.1, -0.05) is 20.8 Å². The Morgan fingerprint density at radius 1 is 1.44 bits per heavy atom. The Balaban J connectivity index is 2.06. The van der Waals surface area contributed by atoms with Crippen molar-refractivity contribution in [1.29, 1.82) is 0 Å². The normalized spacial score (nSPS) is 20.8. The third-order valence-corrected chi connectivity index (χ3v) is 3.20. The van der Waals surface area contributed by atoms with Crippen LogP contribution in [0.15, 0.2) is 18.3 Å². The Hall–Kier alpha value is -1.05. The van der Waals surface area contributed by atoms with Crippen molar-refractivity contribution in [2.45, 2.75) is 46.6 Å². The van der Waals surface area contributed by atoms with Crippen LogP contribution in [0.4, 0.5) is 5.69 Å². The average molecular weight is 218 g/mol. The van der Waals surface area contributed by atoms with Crippen LogP contribution in [0.25, 0.3) is 0 Å². The van der Waals surface area contributed by atoms with E-state index in [0.717, 1.165) is 11.7 Å². The molecule has 0 radical (unpaired) electrons. The highest BCUT2D eigenvalue weighted by atomic mass is 15.2. The number of aromatic nitrogens is 1. The van der Waals surface area contributed by atoms with Crippen molar-refractivity contribution < 1.29 is 0 Å². The van der Waals surface area contributed by atoms with Crippen molar-refractivity contribution in [3.05, 3.63) is 24.0 Å². The second-order valence-electron chi connectivity index (χ2n) is 6.06. The summed E-state index contributed by atoms with van der Waals surface area (Å²) in [7, 11) is 0. The van der Waals surface area contributed by atoms with Gasteiger partial charge in [0.2, 0.25) is 0 Å². The molecule has 0 aliphatic carbocycles. The minimum atomic E-state index is 0.422.